The fourth-order valence-corrected chi connectivity index (χ4v) is 5.41. The second-order valence-electron chi connectivity index (χ2n) is 9.19. The molecule has 3 aromatic rings. The van der Waals surface area contributed by atoms with Crippen molar-refractivity contribution in [1.82, 2.24) is 4.72 Å². The first-order chi connectivity index (χ1) is 16.1. The summed E-state index contributed by atoms with van der Waals surface area (Å²) in [6.07, 6.45) is 1.33. The number of phenolic OH excluding ortho intramolecular Hbond substituents is 1. The van der Waals surface area contributed by atoms with Gasteiger partial charge in [-0.25, -0.2) is 13.1 Å². The summed E-state index contributed by atoms with van der Waals surface area (Å²) in [6.45, 7) is 6.04. The molecule has 0 unspecified atom stereocenters. The van der Waals surface area contributed by atoms with E-state index in [0.29, 0.717) is 23.2 Å². The number of hydrogen-bond donors (Lipinski definition) is 4. The van der Waals surface area contributed by atoms with Crippen LogP contribution in [-0.2, 0) is 16.4 Å². The Bertz CT molecular complexity index is 1320. The minimum absolute atomic E-state index is 0.0520. The molecule has 34 heavy (non-hydrogen) atoms. The number of nitrogens with one attached hydrogen (secondary N) is 3. The molecule has 0 fully saturated rings. The predicted octanol–water partition coefficient (Wildman–Crippen LogP) is 4.82. The van der Waals surface area contributed by atoms with Gasteiger partial charge in [0.15, 0.2) is 0 Å². The summed E-state index contributed by atoms with van der Waals surface area (Å²) in [4.78, 5) is 13.1. The molecule has 1 aliphatic heterocycles. The Morgan fingerprint density at radius 1 is 1.09 bits per heavy atom. The zero-order valence-corrected chi connectivity index (χ0v) is 20.2. The lowest BCUT2D eigenvalue weighted by Crippen LogP contribution is -2.43. The molecule has 0 aromatic heterocycles. The molecule has 0 spiro atoms. The number of phenols is 1. The van der Waals surface area contributed by atoms with Gasteiger partial charge >= 0.3 is 0 Å². The van der Waals surface area contributed by atoms with Crippen LogP contribution in [0.4, 0.5) is 11.4 Å². The number of carbonyl (C=O) groups excluding carboxylic acids is 1. The van der Waals surface area contributed by atoms with E-state index in [0.717, 1.165) is 17.7 Å². The lowest BCUT2D eigenvalue weighted by molar-refractivity contribution is 0.102. The summed E-state index contributed by atoms with van der Waals surface area (Å²) in [6, 6.07) is 17.9. The minimum Gasteiger partial charge on any atom is -0.508 e. The number of rotatable bonds is 6. The fourth-order valence-electron chi connectivity index (χ4n) is 4.19. The van der Waals surface area contributed by atoms with Crippen molar-refractivity contribution in [2.75, 3.05) is 10.6 Å². The topological polar surface area (TPSA) is 108 Å². The first kappa shape index (κ1) is 23.8. The van der Waals surface area contributed by atoms with E-state index >= 15 is 0 Å². The average molecular weight is 480 g/mol. The number of fused-ring (bicyclic) bond motifs is 1. The third-order valence-electron chi connectivity index (χ3n) is 5.92. The van der Waals surface area contributed by atoms with Gasteiger partial charge in [-0.2, -0.15) is 0 Å². The van der Waals surface area contributed by atoms with Crippen molar-refractivity contribution < 1.29 is 18.3 Å². The maximum absolute atomic E-state index is 13.2. The summed E-state index contributed by atoms with van der Waals surface area (Å²) in [7, 11) is -3.77. The van der Waals surface area contributed by atoms with Gasteiger partial charge in [0.2, 0.25) is 10.0 Å². The standard InChI is InChI=1S/C26H29N3O4S/c1-4-17-8-11-21(12-9-17)34(32,33)29-24-16-26(2,3)28-23-13-10-18(14-22(23)24)25(31)27-19-6-5-7-20(30)15-19/h5-15,24,28-30H,4,16H2,1-3H3,(H,27,31)/t24-/m0/s1. The van der Waals surface area contributed by atoms with Gasteiger partial charge in [0, 0.05) is 28.5 Å². The van der Waals surface area contributed by atoms with Crippen molar-refractivity contribution in [1.29, 1.82) is 0 Å². The number of aryl methyl sites for hydroxylation is 1. The van der Waals surface area contributed by atoms with E-state index in [9.17, 15) is 18.3 Å². The van der Waals surface area contributed by atoms with Crippen LogP contribution in [0, 0.1) is 0 Å². The third kappa shape index (κ3) is 5.24. The van der Waals surface area contributed by atoms with Gasteiger partial charge < -0.3 is 15.7 Å². The highest BCUT2D eigenvalue weighted by Gasteiger charge is 2.34. The molecule has 0 saturated carbocycles. The Kier molecular flexibility index (Phi) is 6.38. The van der Waals surface area contributed by atoms with Crippen LogP contribution in [-0.4, -0.2) is 25.0 Å². The Balaban J connectivity index is 1.64. The molecule has 0 radical (unpaired) electrons. The Morgan fingerprint density at radius 2 is 1.82 bits per heavy atom. The van der Waals surface area contributed by atoms with Crippen LogP contribution in [0.15, 0.2) is 71.6 Å². The van der Waals surface area contributed by atoms with Crippen molar-refractivity contribution in [2.24, 2.45) is 0 Å². The molecule has 1 atom stereocenters. The first-order valence-electron chi connectivity index (χ1n) is 11.2. The maximum atomic E-state index is 13.2. The third-order valence-corrected chi connectivity index (χ3v) is 7.41. The minimum atomic E-state index is -3.77. The predicted molar refractivity (Wildman–Crippen MR) is 134 cm³/mol. The summed E-state index contributed by atoms with van der Waals surface area (Å²) in [5.41, 5.74) is 3.05. The molecule has 1 aliphatic rings. The largest absolute Gasteiger partial charge is 0.508 e. The van der Waals surface area contributed by atoms with Gasteiger partial charge in [-0.3, -0.25) is 4.79 Å². The molecule has 3 aromatic carbocycles. The molecule has 8 heteroatoms. The molecular weight excluding hydrogens is 450 g/mol. The zero-order chi connectivity index (χ0) is 24.5. The zero-order valence-electron chi connectivity index (χ0n) is 19.4. The Hall–Kier alpha value is -3.36. The van der Waals surface area contributed by atoms with E-state index in [1.54, 1.807) is 42.5 Å². The van der Waals surface area contributed by atoms with Gasteiger partial charge in [-0.15, -0.1) is 0 Å². The molecular formula is C26H29N3O4S. The van der Waals surface area contributed by atoms with Crippen LogP contribution < -0.4 is 15.4 Å². The Labute approximate surface area is 200 Å². The maximum Gasteiger partial charge on any atom is 0.255 e. The van der Waals surface area contributed by atoms with E-state index < -0.39 is 16.1 Å². The highest BCUT2D eigenvalue weighted by molar-refractivity contribution is 7.89. The van der Waals surface area contributed by atoms with Crippen molar-refractivity contribution >= 4 is 27.3 Å². The van der Waals surface area contributed by atoms with Gasteiger partial charge in [0.1, 0.15) is 5.75 Å². The number of benzene rings is 3. The number of aromatic hydroxyl groups is 1. The molecule has 1 heterocycles. The second-order valence-corrected chi connectivity index (χ2v) is 10.9. The van der Waals surface area contributed by atoms with Crippen LogP contribution in [0.3, 0.4) is 0 Å². The van der Waals surface area contributed by atoms with E-state index in [2.05, 4.69) is 15.4 Å². The van der Waals surface area contributed by atoms with Crippen LogP contribution >= 0.6 is 0 Å². The Morgan fingerprint density at radius 3 is 2.50 bits per heavy atom. The van der Waals surface area contributed by atoms with Crippen LogP contribution in [0.25, 0.3) is 0 Å². The van der Waals surface area contributed by atoms with Crippen molar-refractivity contribution in [3.05, 3.63) is 83.4 Å². The number of hydrogen-bond acceptors (Lipinski definition) is 5. The second kappa shape index (κ2) is 9.12. The van der Waals surface area contributed by atoms with Crippen LogP contribution in [0.2, 0.25) is 0 Å². The molecule has 0 aliphatic carbocycles. The van der Waals surface area contributed by atoms with Gasteiger partial charge in [0.25, 0.3) is 5.91 Å². The van der Waals surface area contributed by atoms with E-state index in [1.165, 1.54) is 12.1 Å². The highest BCUT2D eigenvalue weighted by Crippen LogP contribution is 2.39. The number of carbonyl (C=O) groups is 1. The van der Waals surface area contributed by atoms with Crippen molar-refractivity contribution in [3.63, 3.8) is 0 Å². The summed E-state index contributed by atoms with van der Waals surface area (Å²) < 4.78 is 29.2. The normalized spacial score (nSPS) is 16.9. The summed E-state index contributed by atoms with van der Waals surface area (Å²) in [5.74, 6) is -0.300. The smallest absolute Gasteiger partial charge is 0.255 e. The number of sulfonamides is 1. The van der Waals surface area contributed by atoms with Crippen molar-refractivity contribution in [2.45, 2.75) is 50.1 Å². The van der Waals surface area contributed by atoms with E-state index in [4.69, 9.17) is 0 Å². The average Bonchev–Trinajstić information content (AvgIpc) is 2.78. The summed E-state index contributed by atoms with van der Waals surface area (Å²) in [5, 5.41) is 15.8. The summed E-state index contributed by atoms with van der Waals surface area (Å²) >= 11 is 0. The molecule has 4 N–H and O–H groups in total. The van der Waals surface area contributed by atoms with Gasteiger partial charge in [-0.05, 0) is 80.3 Å². The molecule has 1 amide bonds. The molecule has 4 rings (SSSR count). The monoisotopic (exact) mass is 479 g/mol. The molecule has 178 valence electrons. The number of amides is 1. The van der Waals surface area contributed by atoms with Crippen LogP contribution in [0.5, 0.6) is 5.75 Å². The van der Waals surface area contributed by atoms with E-state index in [-0.39, 0.29) is 22.1 Å². The SMILES string of the molecule is CCc1ccc(S(=O)(=O)N[C@H]2CC(C)(C)Nc3ccc(C(=O)Nc4cccc(O)c4)cc32)cc1. The highest BCUT2D eigenvalue weighted by atomic mass is 32.2. The lowest BCUT2D eigenvalue weighted by Gasteiger charge is -2.39. The first-order valence-corrected chi connectivity index (χ1v) is 12.7. The van der Waals surface area contributed by atoms with Crippen LogP contribution in [0.1, 0.15) is 54.7 Å². The lowest BCUT2D eigenvalue weighted by atomic mass is 9.85. The molecule has 0 bridgehead atoms. The molecule has 7 nitrogen and oxygen atoms in total. The fraction of sp³-hybridized carbons (Fsp3) is 0.269. The van der Waals surface area contributed by atoms with Gasteiger partial charge in [-0.1, -0.05) is 25.1 Å². The quantitative estimate of drug-likeness (QED) is 0.405. The molecule has 0 saturated heterocycles. The van der Waals surface area contributed by atoms with E-state index in [1.807, 2.05) is 32.9 Å². The number of anilines is 2. The van der Waals surface area contributed by atoms with Crippen molar-refractivity contribution in [3.8, 4) is 5.75 Å². The van der Waals surface area contributed by atoms with Gasteiger partial charge in [0.05, 0.1) is 10.9 Å².